The largest absolute Gasteiger partial charge is 0.417 e. The normalized spacial score (nSPS) is 20.7. The van der Waals surface area contributed by atoms with Crippen LogP contribution in [0.3, 0.4) is 0 Å². The Kier molecular flexibility index (Phi) is 7.66. The number of carbonyl (C=O) groups is 1. The highest BCUT2D eigenvalue weighted by Gasteiger charge is 2.39. The van der Waals surface area contributed by atoms with E-state index in [1.165, 1.54) is 0 Å². The van der Waals surface area contributed by atoms with E-state index < -0.39 is 40.8 Å². The molecule has 0 aliphatic carbocycles. The van der Waals surface area contributed by atoms with Crippen LogP contribution in [-0.4, -0.2) is 60.7 Å². The Morgan fingerprint density at radius 2 is 1.69 bits per heavy atom. The van der Waals surface area contributed by atoms with Gasteiger partial charge in [-0.3, -0.25) is 14.7 Å². The summed E-state index contributed by atoms with van der Waals surface area (Å²) >= 11 is 0. The molecule has 6 nitrogen and oxygen atoms in total. The van der Waals surface area contributed by atoms with Crippen LogP contribution < -0.4 is 15.5 Å². The number of rotatable bonds is 4. The van der Waals surface area contributed by atoms with Crippen molar-refractivity contribution in [1.82, 2.24) is 15.2 Å². The zero-order valence-corrected chi connectivity index (χ0v) is 21.2. The SMILES string of the molecule is C[C@@H]1CN(c2cc(F)c(-c3cncc(C(F)(F)F)c3)cc2NC(=O)C2=CNCC=C2C(F)(F)F)C[C@H](C)N1C. The lowest BCUT2D eigenvalue weighted by Crippen LogP contribution is -2.55. The van der Waals surface area contributed by atoms with Gasteiger partial charge in [-0.15, -0.1) is 0 Å². The van der Waals surface area contributed by atoms with Gasteiger partial charge in [-0.25, -0.2) is 4.39 Å². The van der Waals surface area contributed by atoms with E-state index in [-0.39, 0.29) is 41.1 Å². The van der Waals surface area contributed by atoms with Crippen molar-refractivity contribution in [3.8, 4) is 11.1 Å². The number of likely N-dealkylation sites (N-methyl/N-ethyl adjacent to an activating group) is 1. The van der Waals surface area contributed by atoms with Gasteiger partial charge in [0.1, 0.15) is 5.82 Å². The molecule has 0 radical (unpaired) electrons. The van der Waals surface area contributed by atoms with Gasteiger partial charge in [0.15, 0.2) is 0 Å². The van der Waals surface area contributed by atoms with E-state index in [9.17, 15) is 31.1 Å². The number of amides is 1. The molecule has 4 rings (SSSR count). The van der Waals surface area contributed by atoms with Gasteiger partial charge < -0.3 is 15.5 Å². The van der Waals surface area contributed by atoms with Crippen LogP contribution in [-0.2, 0) is 11.0 Å². The summed E-state index contributed by atoms with van der Waals surface area (Å²) in [6.45, 7) is 4.58. The van der Waals surface area contributed by atoms with Crippen LogP contribution in [0.15, 0.2) is 54.0 Å². The molecule has 39 heavy (non-hydrogen) atoms. The Morgan fingerprint density at radius 1 is 1.03 bits per heavy atom. The van der Waals surface area contributed by atoms with Crippen LogP contribution in [0.1, 0.15) is 19.4 Å². The van der Waals surface area contributed by atoms with E-state index in [0.717, 1.165) is 36.7 Å². The zero-order valence-electron chi connectivity index (χ0n) is 21.2. The first-order valence-electron chi connectivity index (χ1n) is 12.0. The molecule has 1 amide bonds. The van der Waals surface area contributed by atoms with Crippen LogP contribution in [0.5, 0.6) is 0 Å². The summed E-state index contributed by atoms with van der Waals surface area (Å²) in [5.41, 5.74) is -3.28. The van der Waals surface area contributed by atoms with Crippen molar-refractivity contribution < 1.29 is 35.5 Å². The molecule has 1 saturated heterocycles. The molecule has 2 aliphatic heterocycles. The summed E-state index contributed by atoms with van der Waals surface area (Å²) in [5, 5.41) is 5.02. The maximum Gasteiger partial charge on any atom is 0.417 e. The average molecular weight is 558 g/mol. The molecule has 1 fully saturated rings. The lowest BCUT2D eigenvalue weighted by molar-refractivity contribution is -0.137. The Bertz CT molecular complexity index is 1310. The topological polar surface area (TPSA) is 60.5 Å². The molecule has 2 N–H and O–H groups in total. The van der Waals surface area contributed by atoms with Crippen molar-refractivity contribution in [2.45, 2.75) is 38.3 Å². The van der Waals surface area contributed by atoms with E-state index >= 15 is 4.39 Å². The Morgan fingerprint density at radius 3 is 2.31 bits per heavy atom. The number of carbonyl (C=O) groups excluding carboxylic acids is 1. The van der Waals surface area contributed by atoms with Crippen LogP contribution in [0, 0.1) is 5.82 Å². The van der Waals surface area contributed by atoms with Gasteiger partial charge in [-0.05, 0) is 39.1 Å². The minimum absolute atomic E-state index is 0.0118. The minimum atomic E-state index is -4.80. The van der Waals surface area contributed by atoms with Gasteiger partial charge in [0.05, 0.1) is 28.1 Å². The van der Waals surface area contributed by atoms with Crippen molar-refractivity contribution in [2.24, 2.45) is 0 Å². The summed E-state index contributed by atoms with van der Waals surface area (Å²) in [4.78, 5) is 20.6. The van der Waals surface area contributed by atoms with Crippen molar-refractivity contribution in [2.75, 3.05) is 36.9 Å². The molecule has 3 heterocycles. The quantitative estimate of drug-likeness (QED) is 0.497. The number of hydrogen-bond donors (Lipinski definition) is 2. The summed E-state index contributed by atoms with van der Waals surface area (Å²) in [5.74, 6) is -1.99. The van der Waals surface area contributed by atoms with E-state index in [4.69, 9.17) is 0 Å². The monoisotopic (exact) mass is 557 g/mol. The van der Waals surface area contributed by atoms with Crippen LogP contribution >= 0.6 is 0 Å². The molecule has 0 saturated carbocycles. The first kappa shape index (κ1) is 28.4. The highest BCUT2D eigenvalue weighted by atomic mass is 19.4. The van der Waals surface area contributed by atoms with E-state index in [1.54, 1.807) is 4.90 Å². The number of anilines is 2. The lowest BCUT2D eigenvalue weighted by atomic mass is 10.0. The number of piperazine rings is 1. The third kappa shape index (κ3) is 6.02. The second-order valence-electron chi connectivity index (χ2n) is 9.61. The summed E-state index contributed by atoms with van der Waals surface area (Å²) < 4.78 is 96.0. The Balaban J connectivity index is 1.80. The standard InChI is InChI=1S/C26H26F7N5O/c1-14-12-38(13-15(2)37(14)3)23-8-21(27)18(16-6-17(10-35-9-16)25(28,29)30)7-22(23)36-24(39)19-11-34-5-4-20(19)26(31,32)33/h4,6-11,14-15,34H,5,12-13H2,1-3H3,(H,36,39)/t14-,15+. The average Bonchev–Trinajstić information content (AvgIpc) is 2.86. The summed E-state index contributed by atoms with van der Waals surface area (Å²) in [7, 11) is 1.92. The molecular formula is C26H26F7N5O. The molecule has 0 spiro atoms. The predicted octanol–water partition coefficient (Wildman–Crippen LogP) is 5.35. The van der Waals surface area contributed by atoms with Crippen LogP contribution in [0.25, 0.3) is 11.1 Å². The summed E-state index contributed by atoms with van der Waals surface area (Å²) in [6, 6.07) is 2.94. The molecule has 0 bridgehead atoms. The fourth-order valence-electron chi connectivity index (χ4n) is 4.64. The van der Waals surface area contributed by atoms with Crippen LogP contribution in [0.4, 0.5) is 42.1 Å². The van der Waals surface area contributed by atoms with Crippen LogP contribution in [0.2, 0.25) is 0 Å². The molecule has 2 aromatic rings. The van der Waals surface area contributed by atoms with Crippen molar-refractivity contribution in [1.29, 1.82) is 0 Å². The fourth-order valence-corrected chi connectivity index (χ4v) is 4.64. The molecular weight excluding hydrogens is 531 g/mol. The molecule has 2 atom stereocenters. The number of hydrogen-bond acceptors (Lipinski definition) is 5. The maximum atomic E-state index is 15.4. The minimum Gasteiger partial charge on any atom is -0.387 e. The van der Waals surface area contributed by atoms with Crippen molar-refractivity contribution >= 4 is 17.3 Å². The number of pyridine rings is 1. The van der Waals surface area contributed by atoms with Gasteiger partial charge >= 0.3 is 12.4 Å². The molecule has 1 aromatic heterocycles. The third-order valence-electron chi connectivity index (χ3n) is 6.92. The number of benzene rings is 1. The van der Waals surface area contributed by atoms with Gasteiger partial charge in [-0.1, -0.05) is 6.08 Å². The van der Waals surface area contributed by atoms with Gasteiger partial charge in [-0.2, -0.15) is 26.3 Å². The highest BCUT2D eigenvalue weighted by Crippen LogP contribution is 2.39. The number of nitrogens with one attached hydrogen (secondary N) is 2. The summed E-state index contributed by atoms with van der Waals surface area (Å²) in [6.07, 6.45) is -6.11. The third-order valence-corrected chi connectivity index (χ3v) is 6.92. The maximum absolute atomic E-state index is 15.4. The van der Waals surface area contributed by atoms with E-state index in [2.05, 4.69) is 20.5 Å². The number of halogens is 7. The van der Waals surface area contributed by atoms with E-state index in [1.807, 2.05) is 20.9 Å². The van der Waals surface area contributed by atoms with Gasteiger partial charge in [0, 0.05) is 61.4 Å². The first-order chi connectivity index (χ1) is 18.2. The smallest absolute Gasteiger partial charge is 0.387 e. The molecule has 210 valence electrons. The second-order valence-corrected chi connectivity index (χ2v) is 9.61. The van der Waals surface area contributed by atoms with Crippen molar-refractivity contribution in [3.05, 3.63) is 65.4 Å². The molecule has 13 heteroatoms. The Labute approximate surface area is 220 Å². The number of dihydropyridines is 1. The first-order valence-corrected chi connectivity index (χ1v) is 12.0. The lowest BCUT2D eigenvalue weighted by Gasteiger charge is -2.44. The van der Waals surface area contributed by atoms with Crippen molar-refractivity contribution in [3.63, 3.8) is 0 Å². The highest BCUT2D eigenvalue weighted by molar-refractivity contribution is 6.09. The predicted molar refractivity (Wildman–Crippen MR) is 132 cm³/mol. The van der Waals surface area contributed by atoms with Gasteiger partial charge in [0.2, 0.25) is 0 Å². The Hall–Kier alpha value is -3.61. The number of aromatic nitrogens is 1. The van der Waals surface area contributed by atoms with Gasteiger partial charge in [0.25, 0.3) is 5.91 Å². The second kappa shape index (κ2) is 10.5. The molecule has 2 aliphatic rings. The zero-order chi connectivity index (χ0) is 28.7. The number of nitrogens with zero attached hydrogens (tertiary/aromatic N) is 3. The fraction of sp³-hybridized carbons (Fsp3) is 0.385. The molecule has 1 aromatic carbocycles. The van der Waals surface area contributed by atoms with E-state index in [0.29, 0.717) is 19.3 Å². The number of alkyl halides is 6. The molecule has 0 unspecified atom stereocenters.